The van der Waals surface area contributed by atoms with Gasteiger partial charge in [0.05, 0.1) is 41.8 Å². The van der Waals surface area contributed by atoms with Gasteiger partial charge in [0.15, 0.2) is 5.82 Å². The maximum Gasteiger partial charge on any atom is 0.410 e. The SMILES string of the molecule is CC(C)(C)OC(=O)N1C[C@@H]2C[C@H]1CN2C(=O)c1ccc2[nH]nc(-c3nc4ccc(N5CCOCC5)cc4[nH]3)c2c1. The lowest BCUT2D eigenvalue weighted by molar-refractivity contribution is 0.0126. The second-order valence-corrected chi connectivity index (χ2v) is 11.9. The number of benzene rings is 2. The Morgan fingerprint density at radius 2 is 1.77 bits per heavy atom. The van der Waals surface area contributed by atoms with E-state index in [1.807, 2.05) is 49.9 Å². The fourth-order valence-electron chi connectivity index (χ4n) is 6.08. The van der Waals surface area contributed by atoms with E-state index in [2.05, 4.69) is 32.2 Å². The predicted octanol–water partition coefficient (Wildman–Crippen LogP) is 3.78. The van der Waals surface area contributed by atoms with Crippen LogP contribution in [0.4, 0.5) is 10.5 Å². The summed E-state index contributed by atoms with van der Waals surface area (Å²) in [4.78, 5) is 40.4. The quantitative estimate of drug-likeness (QED) is 0.404. The van der Waals surface area contributed by atoms with Gasteiger partial charge in [0.1, 0.15) is 11.3 Å². The molecule has 0 spiro atoms. The van der Waals surface area contributed by atoms with Crippen LogP contribution in [-0.4, -0.2) is 99.0 Å². The number of piperazine rings is 1. The highest BCUT2D eigenvalue weighted by molar-refractivity contribution is 6.01. The van der Waals surface area contributed by atoms with Crippen LogP contribution >= 0.6 is 0 Å². The minimum absolute atomic E-state index is 0.0134. The van der Waals surface area contributed by atoms with Crippen LogP contribution in [0.3, 0.4) is 0 Å². The third kappa shape index (κ3) is 4.34. The van der Waals surface area contributed by atoms with E-state index in [1.165, 1.54) is 0 Å². The van der Waals surface area contributed by atoms with E-state index < -0.39 is 5.60 Å². The number of fused-ring (bicyclic) bond motifs is 4. The molecule has 7 rings (SSSR count). The average molecular weight is 544 g/mol. The van der Waals surface area contributed by atoms with Crippen LogP contribution in [0.25, 0.3) is 33.5 Å². The van der Waals surface area contributed by atoms with Crippen LogP contribution in [0.2, 0.25) is 0 Å². The number of amides is 2. The van der Waals surface area contributed by atoms with Gasteiger partial charge < -0.3 is 29.2 Å². The molecule has 0 saturated carbocycles. The molecule has 40 heavy (non-hydrogen) atoms. The number of rotatable bonds is 3. The first-order valence-corrected chi connectivity index (χ1v) is 13.8. The second kappa shape index (κ2) is 9.22. The Labute approximate surface area is 231 Å². The Morgan fingerprint density at radius 1 is 1.00 bits per heavy atom. The van der Waals surface area contributed by atoms with Gasteiger partial charge in [-0.15, -0.1) is 0 Å². The van der Waals surface area contributed by atoms with Crippen molar-refractivity contribution in [1.29, 1.82) is 0 Å². The maximum atomic E-state index is 13.6. The molecular formula is C29H33N7O4. The predicted molar refractivity (Wildman–Crippen MR) is 150 cm³/mol. The Bertz CT molecular complexity index is 1610. The molecule has 4 aromatic rings. The minimum Gasteiger partial charge on any atom is -0.444 e. The molecule has 2 N–H and O–H groups in total. The first kappa shape index (κ1) is 24.9. The highest BCUT2D eigenvalue weighted by Crippen LogP contribution is 2.34. The number of carbonyl (C=O) groups is 2. The van der Waals surface area contributed by atoms with Crippen molar-refractivity contribution in [2.24, 2.45) is 0 Å². The number of H-pyrrole nitrogens is 2. The van der Waals surface area contributed by atoms with Crippen LogP contribution in [-0.2, 0) is 9.47 Å². The molecule has 11 heteroatoms. The van der Waals surface area contributed by atoms with Gasteiger partial charge in [-0.2, -0.15) is 5.10 Å². The first-order chi connectivity index (χ1) is 19.2. The third-order valence-electron chi connectivity index (χ3n) is 8.01. The molecule has 3 aliphatic rings. The molecule has 5 heterocycles. The van der Waals surface area contributed by atoms with Crippen molar-refractivity contribution in [2.45, 2.75) is 44.9 Å². The normalized spacial score (nSPS) is 21.1. The summed E-state index contributed by atoms with van der Waals surface area (Å²) >= 11 is 0. The molecule has 2 aromatic heterocycles. The Morgan fingerprint density at radius 3 is 2.52 bits per heavy atom. The van der Waals surface area contributed by atoms with E-state index in [4.69, 9.17) is 14.5 Å². The molecule has 0 radical (unpaired) electrons. The summed E-state index contributed by atoms with van der Waals surface area (Å²) in [5, 5.41) is 8.45. The summed E-state index contributed by atoms with van der Waals surface area (Å²) in [5.74, 6) is 0.614. The number of imidazole rings is 1. The van der Waals surface area contributed by atoms with Crippen molar-refractivity contribution >= 4 is 39.6 Å². The average Bonchev–Trinajstić information content (AvgIpc) is 3.73. The van der Waals surface area contributed by atoms with Crippen molar-refractivity contribution in [1.82, 2.24) is 30.0 Å². The zero-order chi connectivity index (χ0) is 27.6. The number of nitrogens with one attached hydrogen (secondary N) is 2. The number of morpholine rings is 1. The Balaban J connectivity index is 1.12. The monoisotopic (exact) mass is 543 g/mol. The molecule has 11 nitrogen and oxygen atoms in total. The maximum absolute atomic E-state index is 13.6. The fraction of sp³-hybridized carbons (Fsp3) is 0.448. The van der Waals surface area contributed by atoms with Crippen LogP contribution in [0, 0.1) is 0 Å². The molecule has 2 aromatic carbocycles. The van der Waals surface area contributed by atoms with Crippen LogP contribution in [0.15, 0.2) is 36.4 Å². The lowest BCUT2D eigenvalue weighted by Crippen LogP contribution is -2.51. The Hall–Kier alpha value is -4.12. The van der Waals surface area contributed by atoms with Gasteiger partial charge in [0.25, 0.3) is 5.91 Å². The number of aromatic nitrogens is 4. The molecule has 3 saturated heterocycles. The molecule has 0 aliphatic carbocycles. The van der Waals surface area contributed by atoms with Gasteiger partial charge >= 0.3 is 6.09 Å². The van der Waals surface area contributed by atoms with E-state index in [0.717, 1.165) is 60.3 Å². The van der Waals surface area contributed by atoms with Crippen molar-refractivity contribution in [3.63, 3.8) is 0 Å². The number of ether oxygens (including phenoxy) is 2. The van der Waals surface area contributed by atoms with Crippen molar-refractivity contribution in [3.8, 4) is 11.5 Å². The van der Waals surface area contributed by atoms with E-state index >= 15 is 0 Å². The highest BCUT2D eigenvalue weighted by atomic mass is 16.6. The van der Waals surface area contributed by atoms with Gasteiger partial charge in [0, 0.05) is 42.8 Å². The number of aromatic amines is 2. The number of hydrogen-bond donors (Lipinski definition) is 2. The zero-order valence-corrected chi connectivity index (χ0v) is 22.9. The number of nitrogens with zero attached hydrogens (tertiary/aromatic N) is 5. The summed E-state index contributed by atoms with van der Waals surface area (Å²) in [6, 6.07) is 11.8. The van der Waals surface area contributed by atoms with E-state index in [-0.39, 0.29) is 24.1 Å². The van der Waals surface area contributed by atoms with E-state index in [9.17, 15) is 9.59 Å². The lowest BCUT2D eigenvalue weighted by Gasteiger charge is -2.35. The van der Waals surface area contributed by atoms with Gasteiger partial charge in [-0.05, 0) is 63.6 Å². The topological polar surface area (TPSA) is 120 Å². The van der Waals surface area contributed by atoms with Gasteiger partial charge in [-0.1, -0.05) is 0 Å². The summed E-state index contributed by atoms with van der Waals surface area (Å²) in [7, 11) is 0. The van der Waals surface area contributed by atoms with Crippen LogP contribution in [0.5, 0.6) is 0 Å². The van der Waals surface area contributed by atoms with E-state index in [0.29, 0.717) is 30.2 Å². The molecule has 2 atom stereocenters. The number of anilines is 1. The number of likely N-dealkylation sites (tertiary alicyclic amines) is 2. The fourth-order valence-corrected chi connectivity index (χ4v) is 6.08. The summed E-state index contributed by atoms with van der Waals surface area (Å²) in [6.07, 6.45) is 0.467. The van der Waals surface area contributed by atoms with Gasteiger partial charge in [-0.3, -0.25) is 9.89 Å². The number of carbonyl (C=O) groups excluding carboxylic acids is 2. The van der Waals surface area contributed by atoms with Crippen molar-refractivity contribution in [3.05, 3.63) is 42.0 Å². The molecule has 208 valence electrons. The third-order valence-corrected chi connectivity index (χ3v) is 8.01. The summed E-state index contributed by atoms with van der Waals surface area (Å²) in [5.41, 5.74) is 4.49. The van der Waals surface area contributed by atoms with Crippen molar-refractivity contribution < 1.29 is 19.1 Å². The van der Waals surface area contributed by atoms with Crippen LogP contribution in [0.1, 0.15) is 37.6 Å². The highest BCUT2D eigenvalue weighted by Gasteiger charge is 2.48. The van der Waals surface area contributed by atoms with Gasteiger partial charge in [0.2, 0.25) is 0 Å². The molecule has 2 bridgehead atoms. The molecular weight excluding hydrogens is 510 g/mol. The smallest absolute Gasteiger partial charge is 0.410 e. The van der Waals surface area contributed by atoms with E-state index in [1.54, 1.807) is 4.90 Å². The standard InChI is InChI=1S/C29H33N7O4/c1-29(2,3)40-28(38)36-16-19-13-20(36)15-35(19)27(37)17-4-6-22-21(12-17)25(33-32-22)26-30-23-7-5-18(14-24(23)31-26)34-8-10-39-11-9-34/h4-7,12,14,19-20H,8-11,13,15-16H2,1-3H3,(H,30,31)(H,32,33)/t19-,20-/m0/s1. The molecule has 3 aliphatic heterocycles. The first-order valence-electron chi connectivity index (χ1n) is 13.8. The lowest BCUT2D eigenvalue weighted by atomic mass is 10.1. The van der Waals surface area contributed by atoms with Gasteiger partial charge in [-0.25, -0.2) is 9.78 Å². The largest absolute Gasteiger partial charge is 0.444 e. The zero-order valence-electron chi connectivity index (χ0n) is 22.9. The number of hydrogen-bond acceptors (Lipinski definition) is 7. The van der Waals surface area contributed by atoms with Crippen LogP contribution < -0.4 is 4.90 Å². The second-order valence-electron chi connectivity index (χ2n) is 11.9. The summed E-state index contributed by atoms with van der Waals surface area (Å²) in [6.45, 7) is 9.79. The Kier molecular flexibility index (Phi) is 5.74. The van der Waals surface area contributed by atoms with Crippen molar-refractivity contribution in [2.75, 3.05) is 44.3 Å². The minimum atomic E-state index is -0.545. The molecule has 0 unspecified atom stereocenters. The summed E-state index contributed by atoms with van der Waals surface area (Å²) < 4.78 is 11.0. The molecule has 3 fully saturated rings. The molecule has 2 amide bonds.